The summed E-state index contributed by atoms with van der Waals surface area (Å²) >= 11 is 8.88. The summed E-state index contributed by atoms with van der Waals surface area (Å²) in [5.41, 5.74) is 6.11. The van der Waals surface area contributed by atoms with Gasteiger partial charge in [-0.2, -0.15) is 8.61 Å². The van der Waals surface area contributed by atoms with Crippen molar-refractivity contribution in [2.24, 2.45) is 0 Å². The molecule has 0 N–H and O–H groups in total. The van der Waals surface area contributed by atoms with Gasteiger partial charge in [0.2, 0.25) is 20.0 Å². The normalized spacial score (nSPS) is 15.1. The van der Waals surface area contributed by atoms with Crippen molar-refractivity contribution in [1.82, 2.24) is 18.6 Å². The lowest BCUT2D eigenvalue weighted by atomic mass is 10.0. The molecule has 22 heteroatoms. The molecule has 0 unspecified atom stereocenters. The van der Waals surface area contributed by atoms with Crippen LogP contribution in [-0.2, 0) is 32.9 Å². The lowest BCUT2D eigenvalue weighted by Gasteiger charge is -2.33. The minimum atomic E-state index is -3.73. The van der Waals surface area contributed by atoms with Crippen LogP contribution in [0.2, 0.25) is 5.02 Å². The third-order valence-electron chi connectivity index (χ3n) is 10.5. The smallest absolute Gasteiger partial charge is 0.269 e. The summed E-state index contributed by atoms with van der Waals surface area (Å²) in [5.74, 6) is -0.462. The lowest BCUT2D eigenvalue weighted by molar-refractivity contribution is -0.385. The Bertz CT molecular complexity index is 2850. The highest BCUT2D eigenvalue weighted by Gasteiger charge is 2.31. The van der Waals surface area contributed by atoms with Crippen molar-refractivity contribution in [3.05, 3.63) is 160 Å². The Morgan fingerprint density at radius 3 is 1.41 bits per heavy atom. The van der Waals surface area contributed by atoms with Gasteiger partial charge >= 0.3 is 0 Å². The van der Waals surface area contributed by atoms with E-state index in [9.17, 15) is 41.5 Å². The van der Waals surface area contributed by atoms with Gasteiger partial charge in [0.05, 0.1) is 36.0 Å². The zero-order valence-corrected chi connectivity index (χ0v) is 38.6. The van der Waals surface area contributed by atoms with Gasteiger partial charge in [0.15, 0.2) is 10.3 Å². The summed E-state index contributed by atoms with van der Waals surface area (Å²) < 4.78 is 67.6. The van der Waals surface area contributed by atoms with E-state index in [1.807, 2.05) is 10.3 Å². The molecule has 8 rings (SSSR count). The van der Waals surface area contributed by atoms with Crippen LogP contribution >= 0.6 is 34.3 Å². The molecule has 0 atom stereocenters. The number of nitrogens with zero attached hydrogens (tertiary/aromatic N) is 8. The first-order valence-corrected chi connectivity index (χ1v) is 24.9. The van der Waals surface area contributed by atoms with Crippen LogP contribution in [0.4, 0.5) is 26.0 Å². The van der Waals surface area contributed by atoms with Crippen LogP contribution in [0.1, 0.15) is 33.6 Å². The molecule has 0 bridgehead atoms. The van der Waals surface area contributed by atoms with Gasteiger partial charge in [0, 0.05) is 100 Å². The van der Waals surface area contributed by atoms with E-state index in [0.717, 1.165) is 33.6 Å². The number of anilines is 2. The Hall–Kier alpha value is -5.42. The fourth-order valence-electron chi connectivity index (χ4n) is 7.30. The number of aromatic nitrogens is 2. The summed E-state index contributed by atoms with van der Waals surface area (Å²) in [6, 6.07) is 21.0. The molecule has 2 saturated heterocycles. The third kappa shape index (κ3) is 11.1. The van der Waals surface area contributed by atoms with Gasteiger partial charge in [0.1, 0.15) is 5.82 Å². The van der Waals surface area contributed by atoms with Crippen molar-refractivity contribution in [3.8, 4) is 0 Å². The molecular formula is C42H42ClFN8O8S4. The van der Waals surface area contributed by atoms with Gasteiger partial charge < -0.3 is 9.80 Å². The molecule has 336 valence electrons. The number of piperazine rings is 2. The molecule has 0 aliphatic carbocycles. The zero-order valence-electron chi connectivity index (χ0n) is 34.5. The Balaban J connectivity index is 0.000000191. The van der Waals surface area contributed by atoms with Crippen molar-refractivity contribution in [3.63, 3.8) is 0 Å². The van der Waals surface area contributed by atoms with Gasteiger partial charge in [-0.05, 0) is 61.4 Å². The number of halogens is 2. The molecule has 0 radical (unpaired) electrons. The van der Waals surface area contributed by atoms with Gasteiger partial charge in [-0.15, -0.1) is 22.7 Å². The average molecular weight is 970 g/mol. The molecule has 6 aromatic rings. The SMILES string of the molecule is Cc1cc(C)cc(Cc2csc(N3CCN(S(=O)(=O)c4ccc([N+](=O)[O-])cc4)CC3)n2)c1.O=[N+]([O-])c1ccc(S(=O)(=O)N2CCN(c3nc(Cc4ccc(F)c(Cl)c4)cs3)CC2)cc1. The van der Waals surface area contributed by atoms with Crippen molar-refractivity contribution in [2.75, 3.05) is 62.2 Å². The quantitative estimate of drug-likeness (QED) is 0.0858. The van der Waals surface area contributed by atoms with Crippen LogP contribution in [0.5, 0.6) is 0 Å². The summed E-state index contributed by atoms with van der Waals surface area (Å²) in [5, 5.41) is 27.3. The minimum absolute atomic E-state index is 0.0334. The topological polar surface area (TPSA) is 193 Å². The van der Waals surface area contributed by atoms with Crippen LogP contribution in [0, 0.1) is 39.9 Å². The minimum Gasteiger partial charge on any atom is -0.345 e. The molecule has 64 heavy (non-hydrogen) atoms. The molecule has 4 aromatic carbocycles. The third-order valence-corrected chi connectivity index (χ3v) is 16.5. The molecular weight excluding hydrogens is 927 g/mol. The first-order chi connectivity index (χ1) is 30.5. The van der Waals surface area contributed by atoms with E-state index in [-0.39, 0.29) is 39.3 Å². The number of hydrogen-bond acceptors (Lipinski definition) is 14. The van der Waals surface area contributed by atoms with E-state index in [1.165, 1.54) is 91.2 Å². The number of aryl methyl sites for hydroxylation is 2. The van der Waals surface area contributed by atoms with E-state index in [2.05, 4.69) is 47.3 Å². The fourth-order valence-corrected chi connectivity index (χ4v) is 12.1. The van der Waals surface area contributed by atoms with Crippen LogP contribution in [-0.4, -0.2) is 97.6 Å². The highest BCUT2D eigenvalue weighted by Crippen LogP contribution is 2.29. The number of nitro benzene ring substituents is 2. The number of nitro groups is 2. The monoisotopic (exact) mass is 968 g/mol. The van der Waals surface area contributed by atoms with Gasteiger partial charge in [-0.3, -0.25) is 20.2 Å². The first-order valence-electron chi connectivity index (χ1n) is 19.9. The van der Waals surface area contributed by atoms with Crippen molar-refractivity contribution in [1.29, 1.82) is 0 Å². The molecule has 0 amide bonds. The first kappa shape index (κ1) is 46.6. The van der Waals surface area contributed by atoms with E-state index < -0.39 is 35.7 Å². The van der Waals surface area contributed by atoms with E-state index in [1.54, 1.807) is 23.5 Å². The number of non-ortho nitro benzene ring substituents is 2. The molecule has 2 aliphatic heterocycles. The van der Waals surface area contributed by atoms with E-state index >= 15 is 0 Å². The maximum absolute atomic E-state index is 13.3. The zero-order chi connectivity index (χ0) is 45.8. The van der Waals surface area contributed by atoms with Gasteiger partial charge in [-0.25, -0.2) is 31.2 Å². The Labute approximate surface area is 382 Å². The van der Waals surface area contributed by atoms with Crippen molar-refractivity contribution < 1.29 is 31.1 Å². The largest absolute Gasteiger partial charge is 0.345 e. The number of rotatable bonds is 12. The highest BCUT2D eigenvalue weighted by atomic mass is 35.5. The fraction of sp³-hybridized carbons (Fsp3) is 0.286. The highest BCUT2D eigenvalue weighted by molar-refractivity contribution is 7.89. The summed E-state index contributed by atoms with van der Waals surface area (Å²) in [7, 11) is -7.42. The van der Waals surface area contributed by atoms with Crippen LogP contribution in [0.25, 0.3) is 0 Å². The number of hydrogen-bond donors (Lipinski definition) is 0. The second-order valence-corrected chi connectivity index (χ2v) is 21.1. The van der Waals surface area contributed by atoms with Crippen molar-refractivity contribution >= 4 is 76.0 Å². The molecule has 4 heterocycles. The Kier molecular flexibility index (Phi) is 14.4. The second-order valence-electron chi connectivity index (χ2n) is 15.1. The van der Waals surface area contributed by atoms with Gasteiger partial charge in [-0.1, -0.05) is 47.0 Å². The van der Waals surface area contributed by atoms with Crippen LogP contribution < -0.4 is 9.80 Å². The maximum atomic E-state index is 13.3. The molecule has 2 aromatic heterocycles. The Morgan fingerprint density at radius 2 is 1.02 bits per heavy atom. The predicted molar refractivity (Wildman–Crippen MR) is 245 cm³/mol. The van der Waals surface area contributed by atoms with Crippen molar-refractivity contribution in [2.45, 2.75) is 36.5 Å². The molecule has 2 aliphatic rings. The summed E-state index contributed by atoms with van der Waals surface area (Å²) in [6.45, 7) is 7.45. The predicted octanol–water partition coefficient (Wildman–Crippen LogP) is 7.72. The van der Waals surface area contributed by atoms with Gasteiger partial charge in [0.25, 0.3) is 11.4 Å². The molecule has 16 nitrogen and oxygen atoms in total. The van der Waals surface area contributed by atoms with E-state index in [0.29, 0.717) is 45.7 Å². The Morgan fingerprint density at radius 1 is 0.609 bits per heavy atom. The number of thiazole rings is 2. The molecule has 0 saturated carbocycles. The lowest BCUT2D eigenvalue weighted by Crippen LogP contribution is -2.48. The summed E-state index contributed by atoms with van der Waals surface area (Å²) in [6.07, 6.45) is 1.29. The number of sulfonamides is 2. The second kappa shape index (κ2) is 19.8. The van der Waals surface area contributed by atoms with E-state index in [4.69, 9.17) is 16.6 Å². The molecule has 2 fully saturated rings. The molecule has 0 spiro atoms. The standard InChI is InChI=1S/C22H24N4O4S2.C20H18ClFN4O4S2/c1-16-11-17(2)13-18(12-16)14-19-15-31-22(23-19)24-7-9-25(10-8-24)32(29,30)21-5-3-20(4-6-21)26(27)28;21-18-12-14(1-6-19(18)22)11-15-13-31-20(23-15)24-7-9-25(10-8-24)32(29,30)17-4-2-16(3-5-17)26(27)28/h3-6,11-13,15H,7-10,14H2,1-2H3;1-6,12-13H,7-11H2. The average Bonchev–Trinajstić information content (AvgIpc) is 3.95. The van der Waals surface area contributed by atoms with Crippen LogP contribution in [0.15, 0.2) is 105 Å². The number of benzene rings is 4. The maximum Gasteiger partial charge on any atom is 0.269 e. The summed E-state index contributed by atoms with van der Waals surface area (Å²) in [4.78, 5) is 34.1. The van der Waals surface area contributed by atoms with Crippen LogP contribution in [0.3, 0.4) is 0 Å².